The summed E-state index contributed by atoms with van der Waals surface area (Å²) in [7, 11) is 1.66. The number of carbonyl (C=O) groups excluding carboxylic acids is 2. The molecule has 0 spiro atoms. The second-order valence-electron chi connectivity index (χ2n) is 7.88. The van der Waals surface area contributed by atoms with Gasteiger partial charge in [0.15, 0.2) is 0 Å². The number of rotatable bonds is 8. The Balaban J connectivity index is 1.40. The van der Waals surface area contributed by atoms with Gasteiger partial charge in [-0.15, -0.1) is 0 Å². The molecule has 0 aromatic heterocycles. The minimum absolute atomic E-state index is 0.00155. The molecule has 31 heavy (non-hydrogen) atoms. The Labute approximate surface area is 183 Å². The Bertz CT molecular complexity index is 857. The number of carbonyl (C=O) groups is 2. The summed E-state index contributed by atoms with van der Waals surface area (Å²) in [6, 6.07) is 15.0. The van der Waals surface area contributed by atoms with Gasteiger partial charge in [-0.25, -0.2) is 0 Å². The van der Waals surface area contributed by atoms with Crippen molar-refractivity contribution in [2.45, 2.75) is 26.5 Å². The average Bonchev–Trinajstić information content (AvgIpc) is 2.78. The fraction of sp³-hybridized carbons (Fsp3) is 0.417. The minimum atomic E-state index is -0.261. The lowest BCUT2D eigenvalue weighted by Crippen LogP contribution is -2.50. The Morgan fingerprint density at radius 1 is 0.935 bits per heavy atom. The van der Waals surface area contributed by atoms with E-state index < -0.39 is 0 Å². The van der Waals surface area contributed by atoms with Crippen LogP contribution in [0.3, 0.4) is 0 Å². The van der Waals surface area contributed by atoms with Crippen molar-refractivity contribution in [2.75, 3.05) is 39.8 Å². The first-order valence-corrected chi connectivity index (χ1v) is 10.6. The molecular weight excluding hydrogens is 394 g/mol. The average molecular weight is 426 g/mol. The molecule has 2 aromatic carbocycles. The molecule has 7 heteroatoms. The predicted octanol–water partition coefficient (Wildman–Crippen LogP) is 2.56. The van der Waals surface area contributed by atoms with Crippen molar-refractivity contribution in [3.8, 4) is 11.5 Å². The molecule has 7 nitrogen and oxygen atoms in total. The van der Waals surface area contributed by atoms with Crippen LogP contribution in [-0.2, 0) is 11.3 Å². The molecule has 3 rings (SSSR count). The van der Waals surface area contributed by atoms with Crippen LogP contribution < -0.4 is 14.8 Å². The van der Waals surface area contributed by atoms with Gasteiger partial charge in [0, 0.05) is 38.3 Å². The summed E-state index contributed by atoms with van der Waals surface area (Å²) in [5.74, 6) is 1.25. The van der Waals surface area contributed by atoms with Crippen LogP contribution in [0.2, 0.25) is 0 Å². The molecule has 0 aliphatic carbocycles. The molecule has 166 valence electrons. The predicted molar refractivity (Wildman–Crippen MR) is 119 cm³/mol. The van der Waals surface area contributed by atoms with E-state index in [0.717, 1.165) is 31.1 Å². The Morgan fingerprint density at radius 3 is 2.13 bits per heavy atom. The Morgan fingerprint density at radius 2 is 1.55 bits per heavy atom. The van der Waals surface area contributed by atoms with Crippen LogP contribution in [0.5, 0.6) is 11.5 Å². The summed E-state index contributed by atoms with van der Waals surface area (Å²) in [5, 5.41) is 2.72. The lowest BCUT2D eigenvalue weighted by molar-refractivity contribution is -0.131. The summed E-state index contributed by atoms with van der Waals surface area (Å²) in [6.07, 6.45) is 0.0778. The monoisotopic (exact) mass is 425 g/mol. The van der Waals surface area contributed by atoms with E-state index in [9.17, 15) is 9.59 Å². The third-order valence-corrected chi connectivity index (χ3v) is 5.18. The lowest BCUT2D eigenvalue weighted by Gasteiger charge is -2.34. The standard InChI is InChI=1S/C24H31N3O4/c1-18(2)31-22-10-6-20(7-11-22)24(29)25-16-23(28)27-14-12-26(13-15-27)17-19-4-8-21(30-3)9-5-19/h4-11,18H,12-17H2,1-3H3,(H,25,29). The molecular formula is C24H31N3O4. The Kier molecular flexibility index (Phi) is 7.89. The molecule has 1 saturated heterocycles. The van der Waals surface area contributed by atoms with Crippen molar-refractivity contribution in [1.82, 2.24) is 15.1 Å². The highest BCUT2D eigenvalue weighted by Gasteiger charge is 2.21. The van der Waals surface area contributed by atoms with Crippen molar-refractivity contribution in [3.63, 3.8) is 0 Å². The van der Waals surface area contributed by atoms with Gasteiger partial charge in [-0.3, -0.25) is 14.5 Å². The van der Waals surface area contributed by atoms with Crippen molar-refractivity contribution >= 4 is 11.8 Å². The van der Waals surface area contributed by atoms with Gasteiger partial charge < -0.3 is 19.7 Å². The van der Waals surface area contributed by atoms with Crippen molar-refractivity contribution in [3.05, 3.63) is 59.7 Å². The van der Waals surface area contributed by atoms with E-state index in [1.165, 1.54) is 5.56 Å². The molecule has 1 heterocycles. The SMILES string of the molecule is COc1ccc(CN2CCN(C(=O)CNC(=O)c3ccc(OC(C)C)cc3)CC2)cc1. The van der Waals surface area contributed by atoms with Crippen LogP contribution in [0.4, 0.5) is 0 Å². The number of methoxy groups -OCH3 is 1. The quantitative estimate of drug-likeness (QED) is 0.704. The molecule has 1 fully saturated rings. The van der Waals surface area contributed by atoms with E-state index in [0.29, 0.717) is 18.7 Å². The molecule has 2 aromatic rings. The third-order valence-electron chi connectivity index (χ3n) is 5.18. The molecule has 0 radical (unpaired) electrons. The zero-order valence-electron chi connectivity index (χ0n) is 18.5. The highest BCUT2D eigenvalue weighted by molar-refractivity contribution is 5.96. The molecule has 2 amide bonds. The maximum atomic E-state index is 12.5. The van der Waals surface area contributed by atoms with E-state index in [1.54, 1.807) is 31.4 Å². The first kappa shape index (κ1) is 22.6. The van der Waals surface area contributed by atoms with Gasteiger partial charge in [0.05, 0.1) is 19.8 Å². The second-order valence-corrected chi connectivity index (χ2v) is 7.88. The number of hydrogen-bond donors (Lipinski definition) is 1. The van der Waals surface area contributed by atoms with Crippen LogP contribution in [0.15, 0.2) is 48.5 Å². The van der Waals surface area contributed by atoms with Crippen molar-refractivity contribution in [1.29, 1.82) is 0 Å². The highest BCUT2D eigenvalue weighted by Crippen LogP contribution is 2.15. The number of amides is 2. The maximum Gasteiger partial charge on any atom is 0.251 e. The van der Waals surface area contributed by atoms with Gasteiger partial charge in [0.1, 0.15) is 11.5 Å². The molecule has 0 unspecified atom stereocenters. The summed E-state index contributed by atoms with van der Waals surface area (Å²) < 4.78 is 10.8. The Hall–Kier alpha value is -3.06. The van der Waals surface area contributed by atoms with Gasteiger partial charge in [-0.2, -0.15) is 0 Å². The number of benzene rings is 2. The maximum absolute atomic E-state index is 12.5. The van der Waals surface area contributed by atoms with Gasteiger partial charge in [-0.1, -0.05) is 12.1 Å². The smallest absolute Gasteiger partial charge is 0.251 e. The van der Waals surface area contributed by atoms with Crippen LogP contribution >= 0.6 is 0 Å². The van der Waals surface area contributed by atoms with Gasteiger partial charge in [0.2, 0.25) is 5.91 Å². The first-order valence-electron chi connectivity index (χ1n) is 10.6. The van der Waals surface area contributed by atoms with Gasteiger partial charge >= 0.3 is 0 Å². The largest absolute Gasteiger partial charge is 0.497 e. The molecule has 1 aliphatic rings. The fourth-order valence-electron chi connectivity index (χ4n) is 3.47. The van der Waals surface area contributed by atoms with E-state index in [1.807, 2.05) is 30.9 Å². The van der Waals surface area contributed by atoms with Crippen LogP contribution in [-0.4, -0.2) is 67.6 Å². The summed E-state index contributed by atoms with van der Waals surface area (Å²) >= 11 is 0. The molecule has 0 atom stereocenters. The summed E-state index contributed by atoms with van der Waals surface area (Å²) in [4.78, 5) is 29.0. The van der Waals surface area contributed by atoms with Crippen LogP contribution in [0, 0.1) is 0 Å². The minimum Gasteiger partial charge on any atom is -0.497 e. The lowest BCUT2D eigenvalue weighted by atomic mass is 10.2. The van der Waals surface area contributed by atoms with Crippen molar-refractivity contribution < 1.29 is 19.1 Å². The third kappa shape index (κ3) is 6.72. The van der Waals surface area contributed by atoms with E-state index in [4.69, 9.17) is 9.47 Å². The van der Waals surface area contributed by atoms with Gasteiger partial charge in [-0.05, 0) is 55.8 Å². The van der Waals surface area contributed by atoms with Crippen molar-refractivity contribution in [2.24, 2.45) is 0 Å². The second kappa shape index (κ2) is 10.8. The van der Waals surface area contributed by atoms with Crippen LogP contribution in [0.25, 0.3) is 0 Å². The van der Waals surface area contributed by atoms with Crippen LogP contribution in [0.1, 0.15) is 29.8 Å². The number of hydrogen-bond acceptors (Lipinski definition) is 5. The number of nitrogens with one attached hydrogen (secondary N) is 1. The molecule has 0 bridgehead atoms. The number of ether oxygens (including phenoxy) is 2. The van der Waals surface area contributed by atoms with Gasteiger partial charge in [0.25, 0.3) is 5.91 Å². The van der Waals surface area contributed by atoms with E-state index in [2.05, 4.69) is 22.3 Å². The zero-order chi connectivity index (χ0) is 22.2. The first-order chi connectivity index (χ1) is 14.9. The molecule has 0 saturated carbocycles. The molecule has 1 N–H and O–H groups in total. The normalized spacial score (nSPS) is 14.4. The van der Waals surface area contributed by atoms with E-state index >= 15 is 0 Å². The fourth-order valence-corrected chi connectivity index (χ4v) is 3.47. The van der Waals surface area contributed by atoms with E-state index in [-0.39, 0.29) is 24.5 Å². The molecule has 1 aliphatic heterocycles. The zero-order valence-corrected chi connectivity index (χ0v) is 18.5. The number of nitrogens with zero attached hydrogens (tertiary/aromatic N) is 2. The number of piperazine rings is 1. The summed E-state index contributed by atoms with van der Waals surface area (Å²) in [6.45, 7) is 7.68. The topological polar surface area (TPSA) is 71.1 Å². The summed E-state index contributed by atoms with van der Waals surface area (Å²) in [5.41, 5.74) is 1.73. The highest BCUT2D eigenvalue weighted by atomic mass is 16.5.